The molecule has 1 aromatic rings. The van der Waals surface area contributed by atoms with Crippen LogP contribution < -0.4 is 5.73 Å². The topological polar surface area (TPSA) is 46.2 Å². The Morgan fingerprint density at radius 3 is 2.24 bits per heavy atom. The summed E-state index contributed by atoms with van der Waals surface area (Å²) in [7, 11) is 0. The molecule has 0 aromatic heterocycles. The number of aryl methyl sites for hydroxylation is 3. The molecule has 0 heterocycles. The van der Waals surface area contributed by atoms with E-state index in [9.17, 15) is 5.11 Å². The molecule has 3 N–H and O–H groups in total. The van der Waals surface area contributed by atoms with Crippen molar-refractivity contribution in [2.45, 2.75) is 58.6 Å². The van der Waals surface area contributed by atoms with Gasteiger partial charge in [0.2, 0.25) is 0 Å². The zero-order valence-corrected chi connectivity index (χ0v) is 11.2. The summed E-state index contributed by atoms with van der Waals surface area (Å²) in [5.41, 5.74) is 9.77. The van der Waals surface area contributed by atoms with Crippen LogP contribution in [0.15, 0.2) is 18.2 Å². The van der Waals surface area contributed by atoms with E-state index >= 15 is 0 Å². The number of aliphatic hydroxyl groups is 1. The number of benzene rings is 1. The standard InChI is InChI=1S/C15H25NO/c1-4-5-14(16)15(17)7-6-13-9-11(2)8-12(3)10-13/h8-10,14-15,17H,4-7,16H2,1-3H3. The van der Waals surface area contributed by atoms with Gasteiger partial charge in [0, 0.05) is 6.04 Å². The molecule has 0 amide bonds. The van der Waals surface area contributed by atoms with E-state index in [-0.39, 0.29) is 12.1 Å². The van der Waals surface area contributed by atoms with Gasteiger partial charge in [0.25, 0.3) is 0 Å². The summed E-state index contributed by atoms with van der Waals surface area (Å²) in [5.74, 6) is 0. The fourth-order valence-corrected chi connectivity index (χ4v) is 2.27. The third-order valence-corrected chi connectivity index (χ3v) is 3.13. The summed E-state index contributed by atoms with van der Waals surface area (Å²) in [6, 6.07) is 6.46. The van der Waals surface area contributed by atoms with Gasteiger partial charge in [0.05, 0.1) is 6.10 Å². The zero-order chi connectivity index (χ0) is 12.8. The first kappa shape index (κ1) is 14.2. The second-order valence-electron chi connectivity index (χ2n) is 5.05. The summed E-state index contributed by atoms with van der Waals surface area (Å²) in [6.07, 6.45) is 3.21. The quantitative estimate of drug-likeness (QED) is 0.796. The van der Waals surface area contributed by atoms with Crippen molar-refractivity contribution >= 4 is 0 Å². The molecule has 96 valence electrons. The first-order valence-electron chi connectivity index (χ1n) is 6.53. The molecular formula is C15H25NO. The number of nitrogens with two attached hydrogens (primary N) is 1. The minimum atomic E-state index is -0.379. The third kappa shape index (κ3) is 4.88. The normalized spacial score (nSPS) is 14.6. The second kappa shape index (κ2) is 6.77. The monoisotopic (exact) mass is 235 g/mol. The van der Waals surface area contributed by atoms with Gasteiger partial charge in [-0.05, 0) is 38.7 Å². The van der Waals surface area contributed by atoms with E-state index in [1.807, 2.05) is 0 Å². The fraction of sp³-hybridized carbons (Fsp3) is 0.600. The molecule has 2 atom stereocenters. The number of hydrogen-bond donors (Lipinski definition) is 2. The van der Waals surface area contributed by atoms with Crippen LogP contribution in [0.2, 0.25) is 0 Å². The molecule has 0 aliphatic carbocycles. The summed E-state index contributed by atoms with van der Waals surface area (Å²) < 4.78 is 0. The molecule has 1 aromatic carbocycles. The van der Waals surface area contributed by atoms with E-state index in [4.69, 9.17) is 5.73 Å². The van der Waals surface area contributed by atoms with Crippen molar-refractivity contribution in [1.82, 2.24) is 0 Å². The number of rotatable bonds is 6. The molecule has 0 bridgehead atoms. The summed E-state index contributed by atoms with van der Waals surface area (Å²) in [4.78, 5) is 0. The number of hydrogen-bond acceptors (Lipinski definition) is 2. The molecular weight excluding hydrogens is 210 g/mol. The van der Waals surface area contributed by atoms with E-state index in [1.165, 1.54) is 16.7 Å². The molecule has 17 heavy (non-hydrogen) atoms. The van der Waals surface area contributed by atoms with Gasteiger partial charge in [-0.2, -0.15) is 0 Å². The Bertz CT molecular complexity index is 329. The van der Waals surface area contributed by atoms with Crippen molar-refractivity contribution in [2.24, 2.45) is 5.73 Å². The van der Waals surface area contributed by atoms with Crippen LogP contribution in [0.5, 0.6) is 0 Å². The van der Waals surface area contributed by atoms with Crippen LogP contribution >= 0.6 is 0 Å². The van der Waals surface area contributed by atoms with Crippen molar-refractivity contribution in [3.05, 3.63) is 34.9 Å². The van der Waals surface area contributed by atoms with Gasteiger partial charge in [-0.25, -0.2) is 0 Å². The molecule has 2 heteroatoms. The van der Waals surface area contributed by atoms with Crippen LogP contribution in [0.1, 0.15) is 42.9 Å². The maximum Gasteiger partial charge on any atom is 0.0694 e. The predicted octanol–water partition coefficient (Wildman–Crippen LogP) is 2.72. The minimum Gasteiger partial charge on any atom is -0.392 e. The molecule has 2 nitrogen and oxygen atoms in total. The Morgan fingerprint density at radius 2 is 1.71 bits per heavy atom. The van der Waals surface area contributed by atoms with Crippen molar-refractivity contribution in [3.63, 3.8) is 0 Å². The van der Waals surface area contributed by atoms with Crippen molar-refractivity contribution in [1.29, 1.82) is 0 Å². The highest BCUT2D eigenvalue weighted by molar-refractivity contribution is 5.28. The van der Waals surface area contributed by atoms with Gasteiger partial charge in [0.15, 0.2) is 0 Å². The average Bonchev–Trinajstić information content (AvgIpc) is 2.25. The van der Waals surface area contributed by atoms with E-state index < -0.39 is 0 Å². The van der Waals surface area contributed by atoms with E-state index in [0.29, 0.717) is 0 Å². The Morgan fingerprint density at radius 1 is 1.12 bits per heavy atom. The van der Waals surface area contributed by atoms with Gasteiger partial charge in [-0.1, -0.05) is 42.7 Å². The smallest absolute Gasteiger partial charge is 0.0694 e. The molecule has 2 unspecified atom stereocenters. The summed E-state index contributed by atoms with van der Waals surface area (Å²) >= 11 is 0. The highest BCUT2D eigenvalue weighted by Crippen LogP contribution is 2.13. The zero-order valence-electron chi connectivity index (χ0n) is 11.2. The lowest BCUT2D eigenvalue weighted by Gasteiger charge is -2.18. The Balaban J connectivity index is 2.49. The maximum atomic E-state index is 9.92. The van der Waals surface area contributed by atoms with Gasteiger partial charge in [-0.15, -0.1) is 0 Å². The van der Waals surface area contributed by atoms with Gasteiger partial charge >= 0.3 is 0 Å². The molecule has 0 fully saturated rings. The lowest BCUT2D eigenvalue weighted by Crippen LogP contribution is -2.34. The Labute approximate surface area is 105 Å². The van der Waals surface area contributed by atoms with E-state index in [0.717, 1.165) is 25.7 Å². The minimum absolute atomic E-state index is 0.0779. The molecule has 0 aliphatic rings. The van der Waals surface area contributed by atoms with Crippen LogP contribution in [0.4, 0.5) is 0 Å². The predicted molar refractivity (Wildman–Crippen MR) is 73.1 cm³/mol. The molecule has 0 spiro atoms. The summed E-state index contributed by atoms with van der Waals surface area (Å²) in [6.45, 7) is 6.31. The molecule has 1 rings (SSSR count). The maximum absolute atomic E-state index is 9.92. The van der Waals surface area contributed by atoms with Crippen LogP contribution in [0.25, 0.3) is 0 Å². The van der Waals surface area contributed by atoms with Gasteiger partial charge in [0.1, 0.15) is 0 Å². The molecule has 0 radical (unpaired) electrons. The fourth-order valence-electron chi connectivity index (χ4n) is 2.27. The second-order valence-corrected chi connectivity index (χ2v) is 5.05. The van der Waals surface area contributed by atoms with E-state index in [2.05, 4.69) is 39.0 Å². The van der Waals surface area contributed by atoms with Crippen molar-refractivity contribution < 1.29 is 5.11 Å². The van der Waals surface area contributed by atoms with Gasteiger partial charge in [-0.3, -0.25) is 0 Å². The SMILES string of the molecule is CCCC(N)C(O)CCc1cc(C)cc(C)c1. The van der Waals surface area contributed by atoms with Crippen LogP contribution in [0, 0.1) is 13.8 Å². The first-order valence-corrected chi connectivity index (χ1v) is 6.53. The van der Waals surface area contributed by atoms with Crippen LogP contribution in [0.3, 0.4) is 0 Å². The highest BCUT2D eigenvalue weighted by Gasteiger charge is 2.13. The Kier molecular flexibility index (Phi) is 5.66. The average molecular weight is 235 g/mol. The van der Waals surface area contributed by atoms with Gasteiger partial charge < -0.3 is 10.8 Å². The van der Waals surface area contributed by atoms with Crippen molar-refractivity contribution in [3.8, 4) is 0 Å². The summed E-state index contributed by atoms with van der Waals surface area (Å²) in [5, 5.41) is 9.92. The molecule has 0 aliphatic heterocycles. The van der Waals surface area contributed by atoms with Crippen LogP contribution in [-0.2, 0) is 6.42 Å². The van der Waals surface area contributed by atoms with Crippen molar-refractivity contribution in [2.75, 3.05) is 0 Å². The largest absolute Gasteiger partial charge is 0.392 e. The first-order chi connectivity index (χ1) is 8.02. The Hall–Kier alpha value is -0.860. The highest BCUT2D eigenvalue weighted by atomic mass is 16.3. The van der Waals surface area contributed by atoms with E-state index in [1.54, 1.807) is 0 Å². The number of aliphatic hydroxyl groups excluding tert-OH is 1. The molecule has 0 saturated carbocycles. The lowest BCUT2D eigenvalue weighted by molar-refractivity contribution is 0.131. The lowest BCUT2D eigenvalue weighted by atomic mass is 9.98. The van der Waals surface area contributed by atoms with Crippen LogP contribution in [-0.4, -0.2) is 17.3 Å². The molecule has 0 saturated heterocycles. The third-order valence-electron chi connectivity index (χ3n) is 3.13.